The maximum Gasteiger partial charge on any atom is 0.189 e. The van der Waals surface area contributed by atoms with Crippen LogP contribution in [0.25, 0.3) is 0 Å². The molecular weight excluding hydrogens is 298 g/mol. The Hall–Kier alpha value is -0.910. The van der Waals surface area contributed by atoms with Crippen molar-refractivity contribution in [2.24, 2.45) is 0 Å². The van der Waals surface area contributed by atoms with Crippen LogP contribution < -0.4 is 5.32 Å². The first-order valence-electron chi connectivity index (χ1n) is 5.62. The summed E-state index contributed by atoms with van der Waals surface area (Å²) in [6, 6.07) is 5.88. The van der Waals surface area contributed by atoms with Gasteiger partial charge in [-0.15, -0.1) is 11.8 Å². The predicted molar refractivity (Wildman–Crippen MR) is 85.1 cm³/mol. The molecule has 2 rings (SSSR count). The summed E-state index contributed by atoms with van der Waals surface area (Å²) >= 11 is 9.26. The predicted octanol–water partition coefficient (Wildman–Crippen LogP) is 4.63. The first kappa shape index (κ1) is 14.5. The third kappa shape index (κ3) is 3.55. The number of benzene rings is 1. The molecule has 0 radical (unpaired) electrons. The monoisotopic (exact) mass is 311 g/mol. The molecule has 0 aliphatic rings. The largest absolute Gasteiger partial charge is 0.339 e. The molecule has 0 fully saturated rings. The first-order valence-corrected chi connectivity index (χ1v) is 8.45. The fraction of sp³-hybridized carbons (Fsp3) is 0.231. The van der Waals surface area contributed by atoms with Gasteiger partial charge in [-0.3, -0.25) is 0 Å². The quantitative estimate of drug-likeness (QED) is 0.658. The molecule has 0 spiro atoms. The molecule has 1 aromatic carbocycles. The third-order valence-corrected chi connectivity index (χ3v) is 4.28. The van der Waals surface area contributed by atoms with E-state index in [2.05, 4.69) is 15.3 Å². The summed E-state index contributed by atoms with van der Waals surface area (Å²) in [5, 5.41) is 4.79. The minimum atomic E-state index is 0.745. The van der Waals surface area contributed by atoms with Crippen LogP contribution in [0.1, 0.15) is 5.56 Å². The Morgan fingerprint density at radius 1 is 1.21 bits per heavy atom. The minimum absolute atomic E-state index is 0.745. The molecule has 0 aliphatic carbocycles. The van der Waals surface area contributed by atoms with Crippen molar-refractivity contribution in [1.82, 2.24) is 9.97 Å². The molecule has 0 amide bonds. The Morgan fingerprint density at radius 3 is 2.63 bits per heavy atom. The summed E-state index contributed by atoms with van der Waals surface area (Å²) in [5.74, 6) is 0.812. The zero-order valence-electron chi connectivity index (χ0n) is 10.9. The maximum atomic E-state index is 6.13. The summed E-state index contributed by atoms with van der Waals surface area (Å²) in [4.78, 5) is 9.76. The summed E-state index contributed by atoms with van der Waals surface area (Å²) in [7, 11) is 0. The molecule has 0 saturated heterocycles. The highest BCUT2D eigenvalue weighted by molar-refractivity contribution is 7.99. The molecule has 3 nitrogen and oxygen atoms in total. The van der Waals surface area contributed by atoms with E-state index in [0.717, 1.165) is 32.1 Å². The lowest BCUT2D eigenvalue weighted by molar-refractivity contribution is 0.941. The summed E-state index contributed by atoms with van der Waals surface area (Å²) < 4.78 is 0. The van der Waals surface area contributed by atoms with Crippen molar-refractivity contribution in [3.8, 4) is 0 Å². The highest BCUT2D eigenvalue weighted by Gasteiger charge is 2.07. The Bertz CT molecular complexity index is 590. The average molecular weight is 312 g/mol. The molecule has 0 bridgehead atoms. The van der Waals surface area contributed by atoms with Gasteiger partial charge in [-0.1, -0.05) is 29.4 Å². The van der Waals surface area contributed by atoms with Crippen LogP contribution in [-0.2, 0) is 0 Å². The van der Waals surface area contributed by atoms with Gasteiger partial charge in [0.1, 0.15) is 5.82 Å². The number of nitrogens with one attached hydrogen (secondary N) is 1. The second kappa shape index (κ2) is 6.50. The number of hydrogen-bond acceptors (Lipinski definition) is 5. The molecule has 0 atom stereocenters. The lowest BCUT2D eigenvalue weighted by Crippen LogP contribution is -1.98. The zero-order chi connectivity index (χ0) is 13.8. The van der Waals surface area contributed by atoms with E-state index in [1.807, 2.05) is 43.8 Å². The molecule has 19 heavy (non-hydrogen) atoms. The standard InChI is InChI=1S/C13H14ClN3S2/c1-8-4-5-9(6-10(8)14)16-12-11(18-2)7-15-13(17-12)19-3/h4-7H,1-3H3,(H,15,16,17). The number of hydrogen-bond donors (Lipinski definition) is 1. The van der Waals surface area contributed by atoms with Crippen LogP contribution in [0.3, 0.4) is 0 Å². The summed E-state index contributed by atoms with van der Waals surface area (Å²) in [6.07, 6.45) is 5.80. The van der Waals surface area contributed by atoms with Crippen LogP contribution in [0.5, 0.6) is 0 Å². The lowest BCUT2D eigenvalue weighted by atomic mass is 10.2. The summed E-state index contributed by atoms with van der Waals surface area (Å²) in [6.45, 7) is 1.98. The van der Waals surface area contributed by atoms with Crippen LogP contribution in [-0.4, -0.2) is 22.5 Å². The molecular formula is C13H14ClN3S2. The fourth-order valence-electron chi connectivity index (χ4n) is 1.50. The van der Waals surface area contributed by atoms with Crippen molar-refractivity contribution in [2.75, 3.05) is 17.8 Å². The topological polar surface area (TPSA) is 37.8 Å². The van der Waals surface area contributed by atoms with Crippen molar-refractivity contribution < 1.29 is 0 Å². The Balaban J connectivity index is 2.33. The van der Waals surface area contributed by atoms with E-state index < -0.39 is 0 Å². The molecule has 6 heteroatoms. The van der Waals surface area contributed by atoms with Gasteiger partial charge in [-0.05, 0) is 37.1 Å². The zero-order valence-corrected chi connectivity index (χ0v) is 13.3. The van der Waals surface area contributed by atoms with Gasteiger partial charge in [-0.25, -0.2) is 9.97 Å². The maximum absolute atomic E-state index is 6.13. The van der Waals surface area contributed by atoms with Crippen LogP contribution in [0.15, 0.2) is 34.4 Å². The molecule has 0 aliphatic heterocycles. The van der Waals surface area contributed by atoms with Gasteiger partial charge in [0.25, 0.3) is 0 Å². The van der Waals surface area contributed by atoms with Gasteiger partial charge in [-0.2, -0.15) is 0 Å². The molecule has 0 unspecified atom stereocenters. The minimum Gasteiger partial charge on any atom is -0.339 e. The van der Waals surface area contributed by atoms with Gasteiger partial charge in [0.15, 0.2) is 5.16 Å². The van der Waals surface area contributed by atoms with Gasteiger partial charge >= 0.3 is 0 Å². The van der Waals surface area contributed by atoms with Crippen molar-refractivity contribution in [3.05, 3.63) is 35.0 Å². The Morgan fingerprint density at radius 2 is 2.00 bits per heavy atom. The first-order chi connectivity index (χ1) is 9.13. The van der Waals surface area contributed by atoms with Crippen molar-refractivity contribution in [1.29, 1.82) is 0 Å². The van der Waals surface area contributed by atoms with Crippen LogP contribution in [0, 0.1) is 6.92 Å². The Labute approximate surface area is 126 Å². The molecule has 1 heterocycles. The SMILES string of the molecule is CSc1ncc(SC)c(Nc2ccc(C)c(Cl)c2)n1. The van der Waals surface area contributed by atoms with Crippen LogP contribution in [0.2, 0.25) is 5.02 Å². The van der Waals surface area contributed by atoms with Crippen molar-refractivity contribution in [3.63, 3.8) is 0 Å². The van der Waals surface area contributed by atoms with Gasteiger partial charge < -0.3 is 5.32 Å². The number of thioether (sulfide) groups is 2. The molecule has 1 aromatic heterocycles. The number of rotatable bonds is 4. The van der Waals surface area contributed by atoms with E-state index in [0.29, 0.717) is 0 Å². The average Bonchev–Trinajstić information content (AvgIpc) is 2.43. The third-order valence-electron chi connectivity index (χ3n) is 2.57. The van der Waals surface area contributed by atoms with Gasteiger partial charge in [0, 0.05) is 16.9 Å². The van der Waals surface area contributed by atoms with Crippen molar-refractivity contribution in [2.45, 2.75) is 17.0 Å². The van der Waals surface area contributed by atoms with E-state index in [4.69, 9.17) is 11.6 Å². The van der Waals surface area contributed by atoms with Crippen molar-refractivity contribution >= 4 is 46.6 Å². The smallest absolute Gasteiger partial charge is 0.189 e. The van der Waals surface area contributed by atoms with E-state index in [1.54, 1.807) is 11.8 Å². The van der Waals surface area contributed by atoms with E-state index in [1.165, 1.54) is 11.8 Å². The normalized spacial score (nSPS) is 10.5. The molecule has 0 saturated carbocycles. The number of aromatic nitrogens is 2. The second-order valence-electron chi connectivity index (χ2n) is 3.86. The van der Waals surface area contributed by atoms with Gasteiger partial charge in [0.2, 0.25) is 0 Å². The second-order valence-corrected chi connectivity index (χ2v) is 5.89. The number of halogens is 1. The van der Waals surface area contributed by atoms with Crippen LogP contribution in [0.4, 0.5) is 11.5 Å². The number of aryl methyl sites for hydroxylation is 1. The number of anilines is 2. The van der Waals surface area contributed by atoms with Crippen LogP contribution >= 0.6 is 35.1 Å². The molecule has 2 aromatic rings. The highest BCUT2D eigenvalue weighted by atomic mass is 35.5. The van der Waals surface area contributed by atoms with E-state index in [-0.39, 0.29) is 0 Å². The van der Waals surface area contributed by atoms with Gasteiger partial charge in [0.05, 0.1) is 4.90 Å². The summed E-state index contributed by atoms with van der Waals surface area (Å²) in [5.41, 5.74) is 1.99. The van der Waals surface area contributed by atoms with E-state index in [9.17, 15) is 0 Å². The van der Waals surface area contributed by atoms with E-state index >= 15 is 0 Å². The number of nitrogens with zero attached hydrogens (tertiary/aromatic N) is 2. The highest BCUT2D eigenvalue weighted by Crippen LogP contribution is 2.29. The lowest BCUT2D eigenvalue weighted by Gasteiger charge is -2.11. The molecule has 1 N–H and O–H groups in total. The fourth-order valence-corrected chi connectivity index (χ4v) is 2.47. The Kier molecular flexibility index (Phi) is 4.96. The molecule has 100 valence electrons.